The molecule has 0 aliphatic carbocycles. The van der Waals surface area contributed by atoms with E-state index in [9.17, 15) is 9.59 Å². The number of carbonyl (C=O) groups excluding carboxylic acids is 2. The zero-order chi connectivity index (χ0) is 20.1. The van der Waals surface area contributed by atoms with Gasteiger partial charge in [-0.1, -0.05) is 30.0 Å². The van der Waals surface area contributed by atoms with Gasteiger partial charge in [-0.05, 0) is 42.8 Å². The lowest BCUT2D eigenvalue weighted by atomic mass is 10.2. The van der Waals surface area contributed by atoms with Crippen LogP contribution in [0.25, 0.3) is 5.69 Å². The van der Waals surface area contributed by atoms with Crippen molar-refractivity contribution in [3.63, 3.8) is 0 Å². The fourth-order valence-electron chi connectivity index (χ4n) is 2.70. The minimum atomic E-state index is -0.129. The summed E-state index contributed by atoms with van der Waals surface area (Å²) in [6, 6.07) is 14.9. The summed E-state index contributed by atoms with van der Waals surface area (Å²) in [4.78, 5) is 30.1. The number of hydrogen-bond donors (Lipinski definition) is 1. The molecule has 0 spiro atoms. The second-order valence-electron chi connectivity index (χ2n) is 6.48. The Labute approximate surface area is 168 Å². The maximum Gasteiger partial charge on any atom is 0.253 e. The lowest BCUT2D eigenvalue weighted by Gasteiger charge is -2.11. The lowest BCUT2D eigenvalue weighted by Crippen LogP contribution is -2.21. The van der Waals surface area contributed by atoms with Crippen LogP contribution in [0.5, 0.6) is 0 Å². The number of anilines is 1. The van der Waals surface area contributed by atoms with Gasteiger partial charge in [0, 0.05) is 37.7 Å². The van der Waals surface area contributed by atoms with Crippen LogP contribution in [0.2, 0.25) is 0 Å². The predicted molar refractivity (Wildman–Crippen MR) is 112 cm³/mol. The Morgan fingerprint density at radius 2 is 1.82 bits per heavy atom. The van der Waals surface area contributed by atoms with Crippen molar-refractivity contribution in [3.8, 4) is 5.69 Å². The van der Waals surface area contributed by atoms with Crippen LogP contribution in [0, 0.1) is 6.92 Å². The number of carbonyl (C=O) groups is 2. The Morgan fingerprint density at radius 3 is 2.50 bits per heavy atom. The summed E-state index contributed by atoms with van der Waals surface area (Å²) in [6.45, 7) is 2.04. The van der Waals surface area contributed by atoms with Gasteiger partial charge in [0.05, 0.1) is 11.4 Å². The van der Waals surface area contributed by atoms with Gasteiger partial charge in [0.15, 0.2) is 5.16 Å². The third kappa shape index (κ3) is 4.61. The maximum absolute atomic E-state index is 12.3. The smallest absolute Gasteiger partial charge is 0.253 e. The van der Waals surface area contributed by atoms with Gasteiger partial charge < -0.3 is 10.2 Å². The number of hydrogen-bond acceptors (Lipinski definition) is 4. The standard InChI is InChI=1S/C21H22N4O2S/c1-15-6-4-5-7-18(15)25-13-12-22-21(25)28-14-19(26)23-17-10-8-16(9-11-17)20(27)24(2)3/h4-13H,14H2,1-3H3,(H,23,26). The summed E-state index contributed by atoms with van der Waals surface area (Å²) in [5.41, 5.74) is 3.42. The molecule has 0 atom stereocenters. The number of thioether (sulfide) groups is 1. The molecule has 0 radical (unpaired) electrons. The van der Waals surface area contributed by atoms with Crippen LogP contribution in [0.1, 0.15) is 15.9 Å². The number of para-hydroxylation sites is 1. The number of nitrogens with zero attached hydrogens (tertiary/aromatic N) is 3. The van der Waals surface area contributed by atoms with Gasteiger partial charge in [-0.2, -0.15) is 0 Å². The highest BCUT2D eigenvalue weighted by Gasteiger charge is 2.11. The molecule has 0 saturated carbocycles. The molecule has 0 saturated heterocycles. The van der Waals surface area contributed by atoms with Crippen molar-refractivity contribution in [1.29, 1.82) is 0 Å². The molecule has 28 heavy (non-hydrogen) atoms. The molecule has 1 N–H and O–H groups in total. The second kappa shape index (κ2) is 8.75. The van der Waals surface area contributed by atoms with Gasteiger partial charge in [-0.3, -0.25) is 14.2 Å². The molecule has 6 nitrogen and oxygen atoms in total. The summed E-state index contributed by atoms with van der Waals surface area (Å²) in [6.07, 6.45) is 3.62. The molecule has 2 amide bonds. The van der Waals surface area contributed by atoms with Crippen LogP contribution < -0.4 is 5.32 Å². The summed E-state index contributed by atoms with van der Waals surface area (Å²) in [5, 5.41) is 3.61. The van der Waals surface area contributed by atoms with Crippen molar-refractivity contribution in [2.45, 2.75) is 12.1 Å². The van der Waals surface area contributed by atoms with Gasteiger partial charge in [0.25, 0.3) is 5.91 Å². The first-order valence-electron chi connectivity index (χ1n) is 8.79. The number of rotatable bonds is 6. The maximum atomic E-state index is 12.3. The van der Waals surface area contributed by atoms with Gasteiger partial charge >= 0.3 is 0 Å². The Kier molecular flexibility index (Phi) is 6.16. The van der Waals surface area contributed by atoms with Gasteiger partial charge in [-0.15, -0.1) is 0 Å². The van der Waals surface area contributed by atoms with E-state index in [1.54, 1.807) is 44.6 Å². The summed E-state index contributed by atoms with van der Waals surface area (Å²) in [7, 11) is 3.41. The third-order valence-electron chi connectivity index (χ3n) is 4.14. The largest absolute Gasteiger partial charge is 0.345 e. The highest BCUT2D eigenvalue weighted by atomic mass is 32.2. The van der Waals surface area contributed by atoms with E-state index in [-0.39, 0.29) is 17.6 Å². The fraction of sp³-hybridized carbons (Fsp3) is 0.190. The number of aromatic nitrogens is 2. The van der Waals surface area contributed by atoms with E-state index in [2.05, 4.69) is 10.3 Å². The molecule has 0 unspecified atom stereocenters. The first-order valence-corrected chi connectivity index (χ1v) is 9.78. The first kappa shape index (κ1) is 19.7. The SMILES string of the molecule is Cc1ccccc1-n1ccnc1SCC(=O)Nc1ccc(C(=O)N(C)C)cc1. The Balaban J connectivity index is 1.61. The molecule has 0 aliphatic heterocycles. The van der Waals surface area contributed by atoms with Crippen LogP contribution in [0.4, 0.5) is 5.69 Å². The predicted octanol–water partition coefficient (Wildman–Crippen LogP) is 3.61. The van der Waals surface area contributed by atoms with Gasteiger partial charge in [0.2, 0.25) is 5.91 Å². The second-order valence-corrected chi connectivity index (χ2v) is 7.42. The number of benzene rings is 2. The van der Waals surface area contributed by atoms with Gasteiger partial charge in [-0.25, -0.2) is 4.98 Å². The van der Waals surface area contributed by atoms with Gasteiger partial charge in [0.1, 0.15) is 0 Å². The quantitative estimate of drug-likeness (QED) is 0.649. The Bertz CT molecular complexity index is 980. The van der Waals surface area contributed by atoms with Crippen molar-refractivity contribution in [2.24, 2.45) is 0 Å². The van der Waals surface area contributed by atoms with E-state index in [1.807, 2.05) is 42.0 Å². The summed E-state index contributed by atoms with van der Waals surface area (Å²) < 4.78 is 1.98. The topological polar surface area (TPSA) is 67.2 Å². The van der Waals surface area contributed by atoms with Crippen molar-refractivity contribution >= 4 is 29.3 Å². The van der Waals surface area contributed by atoms with Crippen LogP contribution in [0.15, 0.2) is 66.1 Å². The molecule has 3 rings (SSSR count). The minimum Gasteiger partial charge on any atom is -0.345 e. The first-order chi connectivity index (χ1) is 13.5. The number of amides is 2. The van der Waals surface area contributed by atoms with E-state index in [4.69, 9.17) is 0 Å². The van der Waals surface area contributed by atoms with Crippen LogP contribution in [0.3, 0.4) is 0 Å². The highest BCUT2D eigenvalue weighted by Crippen LogP contribution is 2.22. The van der Waals surface area contributed by atoms with Crippen molar-refractivity contribution in [2.75, 3.05) is 25.2 Å². The van der Waals surface area contributed by atoms with E-state index in [1.165, 1.54) is 16.7 Å². The molecule has 0 fully saturated rings. The molecule has 0 aliphatic rings. The van der Waals surface area contributed by atoms with Crippen LogP contribution >= 0.6 is 11.8 Å². The lowest BCUT2D eigenvalue weighted by molar-refractivity contribution is -0.113. The van der Waals surface area contributed by atoms with Crippen molar-refractivity contribution in [1.82, 2.24) is 14.5 Å². The minimum absolute atomic E-state index is 0.0727. The normalized spacial score (nSPS) is 10.5. The van der Waals surface area contributed by atoms with Crippen molar-refractivity contribution in [3.05, 3.63) is 72.1 Å². The van der Waals surface area contributed by atoms with Crippen molar-refractivity contribution < 1.29 is 9.59 Å². The molecule has 144 valence electrons. The molecule has 2 aromatic carbocycles. The molecule has 7 heteroatoms. The molecular weight excluding hydrogens is 372 g/mol. The molecule has 0 bridgehead atoms. The molecule has 1 aromatic heterocycles. The number of imidazole rings is 1. The number of nitrogens with one attached hydrogen (secondary N) is 1. The van der Waals surface area contributed by atoms with Crippen LogP contribution in [-0.4, -0.2) is 46.1 Å². The van der Waals surface area contributed by atoms with E-state index in [0.29, 0.717) is 11.3 Å². The Morgan fingerprint density at radius 1 is 1.11 bits per heavy atom. The molecular formula is C21H22N4O2S. The average molecular weight is 395 g/mol. The number of aryl methyl sites for hydroxylation is 1. The van der Waals surface area contributed by atoms with E-state index < -0.39 is 0 Å². The monoisotopic (exact) mass is 394 g/mol. The molecule has 3 aromatic rings. The highest BCUT2D eigenvalue weighted by molar-refractivity contribution is 7.99. The fourth-order valence-corrected chi connectivity index (χ4v) is 3.46. The zero-order valence-electron chi connectivity index (χ0n) is 16.0. The van der Waals surface area contributed by atoms with E-state index >= 15 is 0 Å². The third-order valence-corrected chi connectivity index (χ3v) is 5.10. The Hall–Kier alpha value is -3.06. The summed E-state index contributed by atoms with van der Waals surface area (Å²) in [5.74, 6) is 0.0360. The van der Waals surface area contributed by atoms with E-state index in [0.717, 1.165) is 16.4 Å². The average Bonchev–Trinajstić information content (AvgIpc) is 3.15. The summed E-state index contributed by atoms with van der Waals surface area (Å²) >= 11 is 1.38. The van der Waals surface area contributed by atoms with Crippen LogP contribution in [-0.2, 0) is 4.79 Å². The molecule has 1 heterocycles. The zero-order valence-corrected chi connectivity index (χ0v) is 16.9.